The lowest BCUT2D eigenvalue weighted by atomic mass is 9.98. The number of carboxylic acid groups (broad SMARTS) is 1. The quantitative estimate of drug-likeness (QED) is 0.932. The van der Waals surface area contributed by atoms with Crippen LogP contribution in [0.5, 0.6) is 11.5 Å². The van der Waals surface area contributed by atoms with Gasteiger partial charge in [0.15, 0.2) is 11.5 Å². The van der Waals surface area contributed by atoms with E-state index in [-0.39, 0.29) is 31.1 Å². The van der Waals surface area contributed by atoms with E-state index in [2.05, 4.69) is 0 Å². The molecular weight excluding hydrogens is 289 g/mol. The molecular formula is C14H15F3O4. The van der Waals surface area contributed by atoms with Crippen LogP contribution in [0.25, 0.3) is 0 Å². The van der Waals surface area contributed by atoms with E-state index < -0.39 is 23.6 Å². The topological polar surface area (TPSA) is 55.8 Å². The fourth-order valence-corrected chi connectivity index (χ4v) is 2.11. The molecule has 1 atom stereocenters. The van der Waals surface area contributed by atoms with Crippen LogP contribution in [0.15, 0.2) is 12.1 Å². The molecule has 0 saturated heterocycles. The Hall–Kier alpha value is -1.92. The van der Waals surface area contributed by atoms with E-state index in [4.69, 9.17) is 14.6 Å². The summed E-state index contributed by atoms with van der Waals surface area (Å²) >= 11 is 0. The molecule has 0 aliphatic carbocycles. The van der Waals surface area contributed by atoms with Crippen LogP contribution in [0, 0.1) is 5.92 Å². The van der Waals surface area contributed by atoms with Crippen molar-refractivity contribution in [1.29, 1.82) is 0 Å². The molecule has 4 nitrogen and oxygen atoms in total. The summed E-state index contributed by atoms with van der Waals surface area (Å²) in [5, 5.41) is 8.93. The lowest BCUT2D eigenvalue weighted by Crippen LogP contribution is -2.14. The number of ether oxygens (including phenoxy) is 2. The molecule has 1 aliphatic rings. The summed E-state index contributed by atoms with van der Waals surface area (Å²) in [5.74, 6) is -2.07. The van der Waals surface area contributed by atoms with E-state index in [1.165, 1.54) is 13.0 Å². The molecule has 7 heteroatoms. The first-order valence-electron chi connectivity index (χ1n) is 6.52. The lowest BCUT2D eigenvalue weighted by Gasteiger charge is -2.18. The Balaban J connectivity index is 2.46. The molecule has 1 aromatic carbocycles. The summed E-state index contributed by atoms with van der Waals surface area (Å²) < 4.78 is 49.6. The first kappa shape index (κ1) is 15.5. The number of carbonyl (C=O) groups is 1. The van der Waals surface area contributed by atoms with Gasteiger partial charge in [0, 0.05) is 6.42 Å². The highest BCUT2D eigenvalue weighted by Gasteiger charge is 2.37. The lowest BCUT2D eigenvalue weighted by molar-refractivity contribution is -0.141. The molecule has 1 N–H and O–H groups in total. The normalized spacial score (nSPS) is 16.2. The van der Waals surface area contributed by atoms with Crippen LogP contribution in [-0.2, 0) is 17.4 Å². The minimum absolute atomic E-state index is 0.00965. The molecule has 0 radical (unpaired) electrons. The SMILES string of the molecule is CC(Cc1ccc(C(F)(F)F)c2c1OCCCO2)C(=O)O. The maximum atomic E-state index is 13.0. The Labute approximate surface area is 119 Å². The van der Waals surface area contributed by atoms with Crippen molar-refractivity contribution in [2.45, 2.75) is 25.9 Å². The predicted molar refractivity (Wildman–Crippen MR) is 67.6 cm³/mol. The van der Waals surface area contributed by atoms with Gasteiger partial charge in [-0.05, 0) is 18.1 Å². The Kier molecular flexibility index (Phi) is 4.29. The standard InChI is InChI=1S/C14H15F3O4/c1-8(13(18)19)7-9-3-4-10(14(15,16)17)12-11(9)20-5-2-6-21-12/h3-4,8H,2,5-7H2,1H3,(H,18,19). The highest BCUT2D eigenvalue weighted by molar-refractivity contribution is 5.70. The molecule has 116 valence electrons. The molecule has 0 fully saturated rings. The fourth-order valence-electron chi connectivity index (χ4n) is 2.11. The average Bonchev–Trinajstić information content (AvgIpc) is 2.63. The van der Waals surface area contributed by atoms with Crippen LogP contribution in [0.4, 0.5) is 13.2 Å². The smallest absolute Gasteiger partial charge is 0.420 e. The molecule has 0 bridgehead atoms. The minimum Gasteiger partial charge on any atom is -0.489 e. The molecule has 21 heavy (non-hydrogen) atoms. The number of fused-ring (bicyclic) bond motifs is 1. The third-order valence-corrected chi connectivity index (χ3v) is 3.23. The zero-order valence-corrected chi connectivity index (χ0v) is 11.4. The number of aliphatic carboxylic acids is 1. The van der Waals surface area contributed by atoms with E-state index in [0.717, 1.165) is 6.07 Å². The van der Waals surface area contributed by atoms with Crippen molar-refractivity contribution in [3.8, 4) is 11.5 Å². The van der Waals surface area contributed by atoms with Crippen molar-refractivity contribution in [3.05, 3.63) is 23.3 Å². The van der Waals surface area contributed by atoms with E-state index >= 15 is 0 Å². The zero-order valence-electron chi connectivity index (χ0n) is 11.4. The number of halogens is 3. The number of hydrogen-bond acceptors (Lipinski definition) is 3. The summed E-state index contributed by atoms with van der Waals surface area (Å²) in [6.45, 7) is 1.86. The van der Waals surface area contributed by atoms with Gasteiger partial charge in [-0.1, -0.05) is 13.0 Å². The van der Waals surface area contributed by atoms with Crippen LogP contribution in [-0.4, -0.2) is 24.3 Å². The molecule has 0 spiro atoms. The summed E-state index contributed by atoms with van der Waals surface area (Å²) in [5.41, 5.74) is -0.485. The van der Waals surface area contributed by atoms with E-state index in [0.29, 0.717) is 12.0 Å². The van der Waals surface area contributed by atoms with Crippen molar-refractivity contribution >= 4 is 5.97 Å². The summed E-state index contributed by atoms with van der Waals surface area (Å²) in [6, 6.07) is 2.17. The van der Waals surface area contributed by atoms with Gasteiger partial charge in [0.1, 0.15) is 5.56 Å². The summed E-state index contributed by atoms with van der Waals surface area (Å²) in [7, 11) is 0. The van der Waals surface area contributed by atoms with Crippen molar-refractivity contribution in [2.75, 3.05) is 13.2 Å². The van der Waals surface area contributed by atoms with E-state index in [9.17, 15) is 18.0 Å². The first-order valence-corrected chi connectivity index (χ1v) is 6.52. The van der Waals surface area contributed by atoms with Crippen LogP contribution in [0.3, 0.4) is 0 Å². The van der Waals surface area contributed by atoms with Crippen molar-refractivity contribution < 1.29 is 32.5 Å². The largest absolute Gasteiger partial charge is 0.489 e. The monoisotopic (exact) mass is 304 g/mol. The molecule has 2 rings (SSSR count). The average molecular weight is 304 g/mol. The van der Waals surface area contributed by atoms with Gasteiger partial charge < -0.3 is 14.6 Å². The van der Waals surface area contributed by atoms with Gasteiger partial charge in [-0.25, -0.2) is 0 Å². The third kappa shape index (κ3) is 3.40. The minimum atomic E-state index is -4.55. The fraction of sp³-hybridized carbons (Fsp3) is 0.500. The highest BCUT2D eigenvalue weighted by atomic mass is 19.4. The summed E-state index contributed by atoms with van der Waals surface area (Å²) in [4.78, 5) is 10.9. The molecule has 1 heterocycles. The van der Waals surface area contributed by atoms with Gasteiger partial charge in [-0.2, -0.15) is 13.2 Å². The second kappa shape index (κ2) is 5.83. The van der Waals surface area contributed by atoms with Crippen LogP contribution in [0.2, 0.25) is 0 Å². The van der Waals surface area contributed by atoms with Crippen molar-refractivity contribution in [1.82, 2.24) is 0 Å². The molecule has 0 aromatic heterocycles. The molecule has 1 aromatic rings. The van der Waals surface area contributed by atoms with Crippen molar-refractivity contribution in [3.63, 3.8) is 0 Å². The number of alkyl halides is 3. The van der Waals surface area contributed by atoms with Crippen LogP contribution in [0.1, 0.15) is 24.5 Å². The Morgan fingerprint density at radius 3 is 2.48 bits per heavy atom. The number of rotatable bonds is 3. The van der Waals surface area contributed by atoms with Gasteiger partial charge in [-0.3, -0.25) is 4.79 Å². The van der Waals surface area contributed by atoms with Gasteiger partial charge in [0.2, 0.25) is 0 Å². The maximum absolute atomic E-state index is 13.0. The summed E-state index contributed by atoms with van der Waals surface area (Å²) in [6.07, 6.45) is -3.99. The van der Waals surface area contributed by atoms with Crippen LogP contribution >= 0.6 is 0 Å². The zero-order chi connectivity index (χ0) is 15.6. The Morgan fingerprint density at radius 1 is 1.29 bits per heavy atom. The number of benzene rings is 1. The van der Waals surface area contributed by atoms with Crippen molar-refractivity contribution in [2.24, 2.45) is 5.92 Å². The maximum Gasteiger partial charge on any atom is 0.420 e. The molecule has 1 unspecified atom stereocenters. The number of hydrogen-bond donors (Lipinski definition) is 1. The van der Waals surface area contributed by atoms with Gasteiger partial charge >= 0.3 is 12.1 Å². The Morgan fingerprint density at radius 2 is 1.90 bits per heavy atom. The molecule has 0 amide bonds. The predicted octanol–water partition coefficient (Wildman–Crippen LogP) is 3.13. The second-order valence-electron chi connectivity index (χ2n) is 4.92. The van der Waals surface area contributed by atoms with E-state index in [1.807, 2.05) is 0 Å². The molecule has 1 aliphatic heterocycles. The van der Waals surface area contributed by atoms with Gasteiger partial charge in [0.25, 0.3) is 0 Å². The highest BCUT2D eigenvalue weighted by Crippen LogP contribution is 2.45. The Bertz CT molecular complexity index is 540. The van der Waals surface area contributed by atoms with Crippen LogP contribution < -0.4 is 9.47 Å². The van der Waals surface area contributed by atoms with Gasteiger partial charge in [0.05, 0.1) is 19.1 Å². The van der Waals surface area contributed by atoms with E-state index in [1.54, 1.807) is 0 Å². The number of carboxylic acids is 1. The van der Waals surface area contributed by atoms with Gasteiger partial charge in [-0.15, -0.1) is 0 Å². The first-order chi connectivity index (χ1) is 9.80. The molecule has 0 saturated carbocycles. The second-order valence-corrected chi connectivity index (χ2v) is 4.92. The third-order valence-electron chi connectivity index (χ3n) is 3.23.